The van der Waals surface area contributed by atoms with E-state index >= 15 is 0 Å². The molecule has 1 saturated heterocycles. The van der Waals surface area contributed by atoms with E-state index in [2.05, 4.69) is 15.6 Å². The molecular weight excluding hydrogens is 496 g/mol. The lowest BCUT2D eigenvalue weighted by molar-refractivity contribution is -0.143. The van der Waals surface area contributed by atoms with Crippen molar-refractivity contribution in [1.29, 1.82) is 0 Å². The molecule has 2 atom stereocenters. The van der Waals surface area contributed by atoms with Crippen LogP contribution in [0.25, 0.3) is 0 Å². The van der Waals surface area contributed by atoms with Crippen LogP contribution in [0.15, 0.2) is 35.3 Å². The summed E-state index contributed by atoms with van der Waals surface area (Å²) >= 11 is 0. The van der Waals surface area contributed by atoms with E-state index in [1.54, 1.807) is 0 Å². The third-order valence-electron chi connectivity index (χ3n) is 4.57. The molecular formula is C20H32F3IN4O. The van der Waals surface area contributed by atoms with Gasteiger partial charge in [0.2, 0.25) is 0 Å². The summed E-state index contributed by atoms with van der Waals surface area (Å²) in [5, 5.41) is 6.40. The summed E-state index contributed by atoms with van der Waals surface area (Å²) in [6, 6.07) is 10.0. The van der Waals surface area contributed by atoms with Gasteiger partial charge in [-0.1, -0.05) is 30.3 Å². The Kier molecular flexibility index (Phi) is 11.9. The summed E-state index contributed by atoms with van der Waals surface area (Å²) < 4.78 is 43.4. The lowest BCUT2D eigenvalue weighted by Crippen LogP contribution is -2.45. The Morgan fingerprint density at radius 3 is 2.69 bits per heavy atom. The Bertz CT molecular complexity index is 601. The number of hydrogen-bond donors (Lipinski definition) is 2. The van der Waals surface area contributed by atoms with Crippen LogP contribution < -0.4 is 10.6 Å². The molecule has 1 fully saturated rings. The molecule has 5 nitrogen and oxygen atoms in total. The fourth-order valence-corrected chi connectivity index (χ4v) is 3.20. The standard InChI is InChI=1S/C20H31F3N4O.HI/c1-3-24-19(26-18-10-12-27(14-18)15-20(21,22)23)25-11-7-13-28-16(2)17-8-5-4-6-9-17;/h4-6,8-9,16,18H,3,7,10-15H2,1-2H3,(H2,24,25,26);1H. The number of alkyl halides is 3. The van der Waals surface area contributed by atoms with Gasteiger partial charge in [0.1, 0.15) is 0 Å². The first-order chi connectivity index (χ1) is 13.4. The molecule has 0 bridgehead atoms. The molecule has 1 aromatic rings. The molecule has 0 radical (unpaired) electrons. The Balaban J connectivity index is 0.00000420. The second-order valence-corrected chi connectivity index (χ2v) is 7.02. The predicted octanol–water partition coefficient (Wildman–Crippen LogP) is 3.96. The Labute approximate surface area is 188 Å². The molecule has 0 aromatic heterocycles. The number of benzene rings is 1. The number of aliphatic imine (C=N–C) groups is 1. The van der Waals surface area contributed by atoms with Crippen LogP contribution in [0.2, 0.25) is 0 Å². The van der Waals surface area contributed by atoms with Gasteiger partial charge < -0.3 is 15.4 Å². The van der Waals surface area contributed by atoms with Gasteiger partial charge in [0.15, 0.2) is 5.96 Å². The Morgan fingerprint density at radius 2 is 2.03 bits per heavy atom. The summed E-state index contributed by atoms with van der Waals surface area (Å²) in [5.74, 6) is 0.650. The summed E-state index contributed by atoms with van der Waals surface area (Å²) in [6.45, 7) is 5.85. The third-order valence-corrected chi connectivity index (χ3v) is 4.57. The quantitative estimate of drug-likeness (QED) is 0.221. The highest BCUT2D eigenvalue weighted by Crippen LogP contribution is 2.20. The fourth-order valence-electron chi connectivity index (χ4n) is 3.20. The number of halogens is 4. The van der Waals surface area contributed by atoms with Crippen LogP contribution in [0.5, 0.6) is 0 Å². The molecule has 9 heteroatoms. The maximum absolute atomic E-state index is 12.5. The number of nitrogens with one attached hydrogen (secondary N) is 2. The maximum atomic E-state index is 12.5. The molecule has 0 saturated carbocycles. The molecule has 1 aromatic carbocycles. The molecule has 2 N–H and O–H groups in total. The largest absolute Gasteiger partial charge is 0.401 e. The molecule has 0 aliphatic carbocycles. The van der Waals surface area contributed by atoms with Crippen molar-refractivity contribution in [1.82, 2.24) is 15.5 Å². The van der Waals surface area contributed by atoms with Crippen molar-refractivity contribution >= 4 is 29.9 Å². The molecule has 1 aliphatic heterocycles. The van der Waals surface area contributed by atoms with E-state index in [1.165, 1.54) is 4.90 Å². The molecule has 29 heavy (non-hydrogen) atoms. The average molecular weight is 528 g/mol. The van der Waals surface area contributed by atoms with Crippen molar-refractivity contribution < 1.29 is 17.9 Å². The van der Waals surface area contributed by atoms with E-state index in [9.17, 15) is 13.2 Å². The zero-order valence-electron chi connectivity index (χ0n) is 17.0. The van der Waals surface area contributed by atoms with E-state index in [0.29, 0.717) is 45.2 Å². The molecule has 166 valence electrons. The van der Waals surface area contributed by atoms with E-state index in [4.69, 9.17) is 4.74 Å². The molecule has 1 heterocycles. The fraction of sp³-hybridized carbons (Fsp3) is 0.650. The van der Waals surface area contributed by atoms with Crippen molar-refractivity contribution in [3.05, 3.63) is 35.9 Å². The minimum Gasteiger partial charge on any atom is -0.374 e. The van der Waals surface area contributed by atoms with Crippen molar-refractivity contribution in [3.63, 3.8) is 0 Å². The van der Waals surface area contributed by atoms with Gasteiger partial charge in [-0.2, -0.15) is 13.2 Å². The van der Waals surface area contributed by atoms with Crippen LogP contribution >= 0.6 is 24.0 Å². The second-order valence-electron chi connectivity index (χ2n) is 7.02. The summed E-state index contributed by atoms with van der Waals surface area (Å²) in [5.41, 5.74) is 1.14. The van der Waals surface area contributed by atoms with Crippen molar-refractivity contribution in [2.75, 3.05) is 39.3 Å². The number of nitrogens with zero attached hydrogens (tertiary/aromatic N) is 2. The lowest BCUT2D eigenvalue weighted by atomic mass is 10.1. The summed E-state index contributed by atoms with van der Waals surface area (Å²) in [7, 11) is 0. The number of rotatable bonds is 9. The van der Waals surface area contributed by atoms with Gasteiger partial charge in [-0.15, -0.1) is 24.0 Å². The second kappa shape index (κ2) is 13.3. The number of guanidine groups is 1. The normalized spacial score (nSPS) is 18.9. The zero-order chi connectivity index (χ0) is 20.4. The van der Waals surface area contributed by atoms with Crippen LogP contribution in [0.4, 0.5) is 13.2 Å². The van der Waals surface area contributed by atoms with Gasteiger partial charge >= 0.3 is 6.18 Å². The van der Waals surface area contributed by atoms with E-state index < -0.39 is 12.7 Å². The van der Waals surface area contributed by atoms with Gasteiger partial charge in [0.25, 0.3) is 0 Å². The summed E-state index contributed by atoms with van der Waals surface area (Å²) in [4.78, 5) is 5.95. The van der Waals surface area contributed by atoms with Gasteiger partial charge in [-0.25, -0.2) is 0 Å². The van der Waals surface area contributed by atoms with E-state index in [-0.39, 0.29) is 36.1 Å². The van der Waals surface area contributed by atoms with E-state index in [0.717, 1.165) is 12.0 Å². The van der Waals surface area contributed by atoms with Gasteiger partial charge in [-0.05, 0) is 32.3 Å². The average Bonchev–Trinajstić information content (AvgIpc) is 3.07. The Morgan fingerprint density at radius 1 is 1.31 bits per heavy atom. The monoisotopic (exact) mass is 528 g/mol. The van der Waals surface area contributed by atoms with Gasteiger partial charge in [0.05, 0.1) is 12.6 Å². The number of ether oxygens (including phenoxy) is 1. The predicted molar refractivity (Wildman–Crippen MR) is 121 cm³/mol. The minimum atomic E-state index is -4.15. The zero-order valence-corrected chi connectivity index (χ0v) is 19.4. The molecule has 2 unspecified atom stereocenters. The van der Waals surface area contributed by atoms with Crippen molar-refractivity contribution in [2.45, 2.75) is 45.0 Å². The lowest BCUT2D eigenvalue weighted by Gasteiger charge is -2.19. The molecule has 0 amide bonds. The SMILES string of the molecule is CCNC(=NCCCOC(C)c1ccccc1)NC1CCN(CC(F)(F)F)C1.I. The topological polar surface area (TPSA) is 48.9 Å². The Hall–Kier alpha value is -1.07. The van der Waals surface area contributed by atoms with Gasteiger partial charge in [-0.3, -0.25) is 9.89 Å². The van der Waals surface area contributed by atoms with Crippen molar-refractivity contribution in [3.8, 4) is 0 Å². The van der Waals surface area contributed by atoms with Crippen LogP contribution in [0, 0.1) is 0 Å². The first-order valence-corrected chi connectivity index (χ1v) is 9.88. The van der Waals surface area contributed by atoms with Crippen molar-refractivity contribution in [2.24, 2.45) is 4.99 Å². The maximum Gasteiger partial charge on any atom is 0.401 e. The highest BCUT2D eigenvalue weighted by molar-refractivity contribution is 14.0. The highest BCUT2D eigenvalue weighted by Gasteiger charge is 2.34. The molecule has 0 spiro atoms. The highest BCUT2D eigenvalue weighted by atomic mass is 127. The first-order valence-electron chi connectivity index (χ1n) is 9.88. The smallest absolute Gasteiger partial charge is 0.374 e. The first kappa shape index (κ1) is 26.0. The number of likely N-dealkylation sites (tertiary alicyclic amines) is 1. The minimum absolute atomic E-state index is 0. The van der Waals surface area contributed by atoms with Crippen LogP contribution in [0.1, 0.15) is 38.4 Å². The van der Waals surface area contributed by atoms with Crippen LogP contribution in [0.3, 0.4) is 0 Å². The van der Waals surface area contributed by atoms with Crippen LogP contribution in [-0.2, 0) is 4.74 Å². The van der Waals surface area contributed by atoms with Gasteiger partial charge in [0, 0.05) is 38.8 Å². The van der Waals surface area contributed by atoms with E-state index in [1.807, 2.05) is 44.2 Å². The molecule has 2 rings (SSSR count). The molecule has 1 aliphatic rings. The summed E-state index contributed by atoms with van der Waals surface area (Å²) in [6.07, 6.45) is -2.66. The van der Waals surface area contributed by atoms with Crippen LogP contribution in [-0.4, -0.2) is 62.4 Å². The number of hydrogen-bond acceptors (Lipinski definition) is 3. The third kappa shape index (κ3) is 10.5.